The van der Waals surface area contributed by atoms with E-state index in [1.165, 1.54) is 12.1 Å². The van der Waals surface area contributed by atoms with E-state index in [2.05, 4.69) is 0 Å². The second-order valence-electron chi connectivity index (χ2n) is 4.81. The molecule has 2 N–H and O–H groups in total. The molecule has 1 atom stereocenters. The average molecular weight is 254 g/mol. The first-order valence-electron chi connectivity index (χ1n) is 5.90. The molecular weight excluding hydrogens is 241 g/mol. The monoisotopic (exact) mass is 254 g/mol. The van der Waals surface area contributed by atoms with Gasteiger partial charge in [0, 0.05) is 30.2 Å². The van der Waals surface area contributed by atoms with E-state index in [0.29, 0.717) is 12.1 Å². The van der Waals surface area contributed by atoms with Crippen molar-refractivity contribution < 1.29 is 13.2 Å². The largest absolute Gasteiger partial charge is 0.416 e. The first kappa shape index (κ1) is 11.6. The van der Waals surface area contributed by atoms with E-state index in [1.54, 1.807) is 0 Å². The van der Waals surface area contributed by atoms with E-state index < -0.39 is 11.7 Å². The lowest BCUT2D eigenvalue weighted by atomic mass is 10.1. The number of benzene rings is 1. The number of rotatable bonds is 0. The molecule has 0 aliphatic carbocycles. The van der Waals surface area contributed by atoms with Crippen molar-refractivity contribution in [2.24, 2.45) is 5.73 Å². The van der Waals surface area contributed by atoms with Crippen LogP contribution in [0.1, 0.15) is 17.7 Å². The predicted molar refractivity (Wildman–Crippen MR) is 63.2 cm³/mol. The van der Waals surface area contributed by atoms with Crippen molar-refractivity contribution in [2.75, 3.05) is 0 Å². The second-order valence-corrected chi connectivity index (χ2v) is 4.81. The number of aryl methyl sites for hydroxylation is 1. The molecule has 18 heavy (non-hydrogen) atoms. The number of nitrogens with two attached hydrogens (primary N) is 1. The number of aromatic nitrogens is 1. The van der Waals surface area contributed by atoms with Gasteiger partial charge in [-0.3, -0.25) is 0 Å². The van der Waals surface area contributed by atoms with Gasteiger partial charge in [0.15, 0.2) is 0 Å². The third-order valence-corrected chi connectivity index (χ3v) is 3.51. The van der Waals surface area contributed by atoms with Crippen LogP contribution in [-0.4, -0.2) is 10.6 Å². The van der Waals surface area contributed by atoms with Gasteiger partial charge < -0.3 is 10.3 Å². The van der Waals surface area contributed by atoms with Crippen LogP contribution in [0.2, 0.25) is 0 Å². The first-order chi connectivity index (χ1) is 8.45. The minimum Gasteiger partial charge on any atom is -0.344 e. The summed E-state index contributed by atoms with van der Waals surface area (Å²) in [5.41, 5.74) is 6.97. The van der Waals surface area contributed by atoms with Crippen LogP contribution in [0.15, 0.2) is 24.3 Å². The molecule has 0 fully saturated rings. The Labute approximate surface area is 102 Å². The Morgan fingerprint density at radius 1 is 1.22 bits per heavy atom. The number of nitrogens with zero attached hydrogens (tertiary/aromatic N) is 1. The third kappa shape index (κ3) is 1.79. The standard InChI is InChI=1S/C13H13F3N2/c14-13(15,16)9-2-1-8-5-11-7-10(17)3-4-18(11)12(8)6-9/h1-2,5-6,10H,3-4,7,17H2. The van der Waals surface area contributed by atoms with Crippen molar-refractivity contribution >= 4 is 10.9 Å². The molecule has 0 radical (unpaired) electrons. The Morgan fingerprint density at radius 3 is 2.72 bits per heavy atom. The molecule has 5 heteroatoms. The van der Waals surface area contributed by atoms with Crippen LogP contribution in [0.3, 0.4) is 0 Å². The molecule has 2 nitrogen and oxygen atoms in total. The van der Waals surface area contributed by atoms with Crippen molar-refractivity contribution in [3.05, 3.63) is 35.5 Å². The van der Waals surface area contributed by atoms with Gasteiger partial charge in [-0.1, -0.05) is 6.07 Å². The molecule has 3 rings (SSSR count). The Hall–Kier alpha value is -1.49. The number of fused-ring (bicyclic) bond motifs is 3. The number of hydrogen-bond acceptors (Lipinski definition) is 1. The molecule has 0 saturated carbocycles. The predicted octanol–water partition coefficient (Wildman–Crippen LogP) is 2.93. The number of hydrogen-bond donors (Lipinski definition) is 1. The highest BCUT2D eigenvalue weighted by Crippen LogP contribution is 2.33. The minimum absolute atomic E-state index is 0.115. The lowest BCUT2D eigenvalue weighted by Crippen LogP contribution is -2.30. The van der Waals surface area contributed by atoms with Crippen molar-refractivity contribution in [1.82, 2.24) is 4.57 Å². The average Bonchev–Trinajstić information content (AvgIpc) is 2.63. The van der Waals surface area contributed by atoms with Crippen LogP contribution in [0.4, 0.5) is 13.2 Å². The van der Waals surface area contributed by atoms with Gasteiger partial charge in [-0.2, -0.15) is 13.2 Å². The van der Waals surface area contributed by atoms with Crippen LogP contribution >= 0.6 is 0 Å². The number of alkyl halides is 3. The molecule has 0 spiro atoms. The van der Waals surface area contributed by atoms with Crippen molar-refractivity contribution in [3.8, 4) is 0 Å². The molecular formula is C13H13F3N2. The summed E-state index contributed by atoms with van der Waals surface area (Å²) in [4.78, 5) is 0. The summed E-state index contributed by atoms with van der Waals surface area (Å²) in [5.74, 6) is 0. The van der Waals surface area contributed by atoms with Gasteiger partial charge >= 0.3 is 6.18 Å². The fourth-order valence-electron chi connectivity index (χ4n) is 2.59. The first-order valence-corrected chi connectivity index (χ1v) is 5.90. The maximum absolute atomic E-state index is 12.7. The highest BCUT2D eigenvalue weighted by Gasteiger charge is 2.31. The van der Waals surface area contributed by atoms with Crippen molar-refractivity contribution in [1.29, 1.82) is 0 Å². The van der Waals surface area contributed by atoms with Gasteiger partial charge in [0.2, 0.25) is 0 Å². The quantitative estimate of drug-likeness (QED) is 0.770. The Morgan fingerprint density at radius 2 is 2.00 bits per heavy atom. The zero-order valence-corrected chi connectivity index (χ0v) is 9.67. The van der Waals surface area contributed by atoms with Crippen LogP contribution < -0.4 is 5.73 Å². The normalized spacial score (nSPS) is 20.1. The van der Waals surface area contributed by atoms with Gasteiger partial charge in [-0.25, -0.2) is 0 Å². The molecule has 96 valence electrons. The summed E-state index contributed by atoms with van der Waals surface area (Å²) >= 11 is 0. The minimum atomic E-state index is -4.29. The topological polar surface area (TPSA) is 30.9 Å². The molecule has 0 amide bonds. The fraction of sp³-hybridized carbons (Fsp3) is 0.385. The Balaban J connectivity index is 2.17. The number of halogens is 3. The van der Waals surface area contributed by atoms with E-state index in [1.807, 2.05) is 10.6 Å². The van der Waals surface area contributed by atoms with Gasteiger partial charge in [0.05, 0.1) is 5.56 Å². The van der Waals surface area contributed by atoms with E-state index in [9.17, 15) is 13.2 Å². The van der Waals surface area contributed by atoms with Gasteiger partial charge in [0.25, 0.3) is 0 Å². The lowest BCUT2D eigenvalue weighted by Gasteiger charge is -2.21. The van der Waals surface area contributed by atoms with Crippen LogP contribution in [0.25, 0.3) is 10.9 Å². The van der Waals surface area contributed by atoms with E-state index in [4.69, 9.17) is 5.73 Å². The van der Waals surface area contributed by atoms with Gasteiger partial charge in [-0.15, -0.1) is 0 Å². The summed E-state index contributed by atoms with van der Waals surface area (Å²) in [6.07, 6.45) is -2.74. The van der Waals surface area contributed by atoms with Crippen LogP contribution in [-0.2, 0) is 19.1 Å². The molecule has 2 heterocycles. The van der Waals surface area contributed by atoms with Crippen molar-refractivity contribution in [2.45, 2.75) is 31.6 Å². The maximum Gasteiger partial charge on any atom is 0.416 e. The summed E-state index contributed by atoms with van der Waals surface area (Å²) in [7, 11) is 0. The lowest BCUT2D eigenvalue weighted by molar-refractivity contribution is -0.137. The smallest absolute Gasteiger partial charge is 0.344 e. The van der Waals surface area contributed by atoms with Crippen LogP contribution in [0.5, 0.6) is 0 Å². The zero-order valence-electron chi connectivity index (χ0n) is 9.67. The Bertz CT molecular complexity index is 598. The summed E-state index contributed by atoms with van der Waals surface area (Å²) in [6.45, 7) is 0.696. The third-order valence-electron chi connectivity index (χ3n) is 3.51. The molecule has 1 aromatic carbocycles. The molecule has 0 saturated heterocycles. The summed E-state index contributed by atoms with van der Waals surface area (Å²) < 4.78 is 40.0. The second kappa shape index (κ2) is 3.75. The molecule has 2 aromatic rings. The van der Waals surface area contributed by atoms with E-state index in [0.717, 1.165) is 30.0 Å². The van der Waals surface area contributed by atoms with Gasteiger partial charge in [0.1, 0.15) is 0 Å². The van der Waals surface area contributed by atoms with E-state index in [-0.39, 0.29) is 6.04 Å². The SMILES string of the molecule is NC1CCn2c(cc3ccc(C(F)(F)F)cc32)C1. The zero-order chi connectivity index (χ0) is 12.9. The fourth-order valence-corrected chi connectivity index (χ4v) is 2.59. The van der Waals surface area contributed by atoms with Gasteiger partial charge in [-0.05, 0) is 30.0 Å². The summed E-state index contributed by atoms with van der Waals surface area (Å²) in [6, 6.07) is 5.96. The van der Waals surface area contributed by atoms with Crippen molar-refractivity contribution in [3.63, 3.8) is 0 Å². The molecule has 1 aliphatic heterocycles. The van der Waals surface area contributed by atoms with Crippen LogP contribution in [0, 0.1) is 0 Å². The highest BCUT2D eigenvalue weighted by molar-refractivity contribution is 5.82. The van der Waals surface area contributed by atoms with E-state index >= 15 is 0 Å². The maximum atomic E-state index is 12.7. The molecule has 0 bridgehead atoms. The molecule has 1 unspecified atom stereocenters. The summed E-state index contributed by atoms with van der Waals surface area (Å²) in [5, 5.41) is 0.854. The molecule has 1 aromatic heterocycles. The highest BCUT2D eigenvalue weighted by atomic mass is 19.4. The Kier molecular flexibility index (Phi) is 2.41. The molecule has 1 aliphatic rings.